The van der Waals surface area contributed by atoms with Gasteiger partial charge in [0.25, 0.3) is 5.82 Å². The monoisotopic (exact) mass is 237 g/mol. The minimum atomic E-state index is 1.22. The second-order valence-electron chi connectivity index (χ2n) is 5.15. The molecule has 1 N–H and O–H groups in total. The summed E-state index contributed by atoms with van der Waals surface area (Å²) in [6.45, 7) is 4.40. The number of nitrogens with zero attached hydrogens (tertiary/aromatic N) is 1. The van der Waals surface area contributed by atoms with Gasteiger partial charge in [-0.15, -0.1) is 0 Å². The van der Waals surface area contributed by atoms with Crippen molar-refractivity contribution in [3.05, 3.63) is 17.7 Å². The molecule has 0 unspecified atom stereocenters. The third-order valence-corrected chi connectivity index (χ3v) is 3.67. The zero-order valence-electron chi connectivity index (χ0n) is 11.9. The van der Waals surface area contributed by atoms with Crippen LogP contribution in [0.5, 0.6) is 0 Å². The highest BCUT2D eigenvalue weighted by Crippen LogP contribution is 2.09. The molecule has 17 heavy (non-hydrogen) atoms. The predicted molar refractivity (Wildman–Crippen MR) is 73.0 cm³/mol. The second-order valence-corrected chi connectivity index (χ2v) is 5.15. The van der Waals surface area contributed by atoms with Gasteiger partial charge < -0.3 is 0 Å². The van der Waals surface area contributed by atoms with Gasteiger partial charge in [0.15, 0.2) is 0 Å². The smallest absolute Gasteiger partial charge is 0.248 e. The summed E-state index contributed by atoms with van der Waals surface area (Å²) in [5.41, 5.74) is 1.44. The van der Waals surface area contributed by atoms with Crippen LogP contribution in [0.2, 0.25) is 0 Å². The molecule has 0 radical (unpaired) electrons. The van der Waals surface area contributed by atoms with Crippen molar-refractivity contribution in [3.63, 3.8) is 0 Å². The van der Waals surface area contributed by atoms with Gasteiger partial charge in [0.1, 0.15) is 11.9 Å². The number of nitrogens with one attached hydrogen (secondary N) is 1. The molecule has 0 saturated heterocycles. The highest BCUT2D eigenvalue weighted by Gasteiger charge is 2.08. The Hall–Kier alpha value is -0.790. The average molecular weight is 237 g/mol. The van der Waals surface area contributed by atoms with Crippen LogP contribution in [0.15, 0.2) is 6.20 Å². The first-order chi connectivity index (χ1) is 8.25. The number of hydrogen-bond acceptors (Lipinski definition) is 0. The standard InChI is InChI=1S/C15H28N2/c1-4-5-6-7-8-9-10-11-12-15-13-16-14(2)17(15)3/h13H,4-12H2,1-3H3/p+1. The van der Waals surface area contributed by atoms with Gasteiger partial charge in [0, 0.05) is 13.3 Å². The Morgan fingerprint density at radius 1 is 1.00 bits per heavy atom. The van der Waals surface area contributed by atoms with Gasteiger partial charge in [-0.2, -0.15) is 0 Å². The maximum atomic E-state index is 3.28. The average Bonchev–Trinajstić information content (AvgIpc) is 2.64. The minimum Gasteiger partial charge on any atom is -0.248 e. The van der Waals surface area contributed by atoms with E-state index < -0.39 is 0 Å². The van der Waals surface area contributed by atoms with Crippen molar-refractivity contribution in [2.24, 2.45) is 7.05 Å². The molecule has 0 aromatic carbocycles. The minimum absolute atomic E-state index is 1.22. The lowest BCUT2D eigenvalue weighted by Gasteiger charge is -2.01. The SMILES string of the molecule is CCCCCCCCCCc1c[nH]c(C)[n+]1C. The fourth-order valence-electron chi connectivity index (χ4n) is 2.28. The Kier molecular flexibility index (Phi) is 6.99. The van der Waals surface area contributed by atoms with Crippen LogP contribution >= 0.6 is 0 Å². The van der Waals surface area contributed by atoms with Gasteiger partial charge in [-0.3, -0.25) is 0 Å². The van der Waals surface area contributed by atoms with Crippen molar-refractivity contribution in [1.82, 2.24) is 4.98 Å². The molecule has 0 saturated carbocycles. The molecule has 0 fully saturated rings. The summed E-state index contributed by atoms with van der Waals surface area (Å²) in [4.78, 5) is 3.28. The summed E-state index contributed by atoms with van der Waals surface area (Å²) in [6.07, 6.45) is 14.6. The maximum Gasteiger partial charge on any atom is 0.251 e. The highest BCUT2D eigenvalue weighted by atomic mass is 15.0. The summed E-state index contributed by atoms with van der Waals surface area (Å²) in [6, 6.07) is 0. The molecule has 2 nitrogen and oxygen atoms in total. The number of hydrogen-bond donors (Lipinski definition) is 1. The first-order valence-corrected chi connectivity index (χ1v) is 7.28. The van der Waals surface area contributed by atoms with Crippen LogP contribution < -0.4 is 4.57 Å². The van der Waals surface area contributed by atoms with Gasteiger partial charge >= 0.3 is 0 Å². The Bertz CT molecular complexity index is 302. The maximum absolute atomic E-state index is 3.28. The molecule has 0 aliphatic heterocycles. The molecule has 0 spiro atoms. The third-order valence-electron chi connectivity index (χ3n) is 3.67. The molecular formula is C15H29N2+. The molecule has 1 aromatic heterocycles. The number of imidazole rings is 1. The van der Waals surface area contributed by atoms with Crippen LogP contribution in [0.4, 0.5) is 0 Å². The molecule has 1 rings (SSSR count). The number of rotatable bonds is 9. The van der Waals surface area contributed by atoms with Crippen molar-refractivity contribution in [1.29, 1.82) is 0 Å². The fraction of sp³-hybridized carbons (Fsp3) is 0.800. The van der Waals surface area contributed by atoms with Gasteiger partial charge in [0.05, 0.1) is 7.05 Å². The summed E-state index contributed by atoms with van der Waals surface area (Å²) in [5.74, 6) is 1.25. The van der Waals surface area contributed by atoms with Gasteiger partial charge in [-0.05, 0) is 6.42 Å². The lowest BCUT2D eigenvalue weighted by molar-refractivity contribution is -0.683. The van der Waals surface area contributed by atoms with Crippen molar-refractivity contribution in [3.8, 4) is 0 Å². The molecule has 0 atom stereocenters. The predicted octanol–water partition coefficient (Wildman–Crippen LogP) is 3.83. The van der Waals surface area contributed by atoms with Crippen LogP contribution in [0.1, 0.15) is 69.8 Å². The first kappa shape index (κ1) is 14.3. The molecule has 0 aliphatic carbocycles. The van der Waals surface area contributed by atoms with Gasteiger partial charge in [-0.1, -0.05) is 51.9 Å². The Labute approximate surface area is 106 Å². The summed E-state index contributed by atoms with van der Waals surface area (Å²) < 4.78 is 2.27. The Balaban J connectivity index is 1.99. The first-order valence-electron chi connectivity index (χ1n) is 7.28. The van der Waals surface area contributed by atoms with Crippen molar-refractivity contribution in [2.75, 3.05) is 0 Å². The molecule has 98 valence electrons. The number of aromatic amines is 1. The van der Waals surface area contributed by atoms with Crippen molar-refractivity contribution >= 4 is 0 Å². The van der Waals surface area contributed by atoms with E-state index in [9.17, 15) is 0 Å². The van der Waals surface area contributed by atoms with Crippen LogP contribution in [0.3, 0.4) is 0 Å². The molecule has 1 aromatic rings. The summed E-state index contributed by atoms with van der Waals surface area (Å²) >= 11 is 0. The topological polar surface area (TPSA) is 19.7 Å². The number of H-pyrrole nitrogens is 1. The lowest BCUT2D eigenvalue weighted by Crippen LogP contribution is -2.33. The number of aromatic nitrogens is 2. The molecule has 0 bridgehead atoms. The van der Waals surface area contributed by atoms with E-state index in [-0.39, 0.29) is 0 Å². The number of unbranched alkanes of at least 4 members (excludes halogenated alkanes) is 7. The van der Waals surface area contributed by atoms with Crippen molar-refractivity contribution in [2.45, 2.75) is 71.6 Å². The zero-order valence-corrected chi connectivity index (χ0v) is 11.9. The number of aryl methyl sites for hydroxylation is 2. The molecule has 0 amide bonds. The van der Waals surface area contributed by atoms with E-state index >= 15 is 0 Å². The van der Waals surface area contributed by atoms with E-state index in [0.29, 0.717) is 0 Å². The van der Waals surface area contributed by atoms with Crippen LogP contribution in [-0.4, -0.2) is 4.98 Å². The van der Waals surface area contributed by atoms with E-state index in [0.717, 1.165) is 0 Å². The molecular weight excluding hydrogens is 208 g/mol. The third kappa shape index (κ3) is 5.38. The molecule has 1 heterocycles. The van der Waals surface area contributed by atoms with Crippen LogP contribution in [0.25, 0.3) is 0 Å². The van der Waals surface area contributed by atoms with Crippen LogP contribution in [-0.2, 0) is 13.5 Å². The zero-order chi connectivity index (χ0) is 12.5. The van der Waals surface area contributed by atoms with Crippen molar-refractivity contribution < 1.29 is 4.57 Å². The molecule has 0 aliphatic rings. The quantitative estimate of drug-likeness (QED) is 0.497. The van der Waals surface area contributed by atoms with E-state index in [1.54, 1.807) is 0 Å². The van der Waals surface area contributed by atoms with Gasteiger partial charge in [-0.25, -0.2) is 9.55 Å². The normalized spacial score (nSPS) is 11.0. The summed E-state index contributed by atoms with van der Waals surface area (Å²) in [5, 5.41) is 0. The Morgan fingerprint density at radius 3 is 2.12 bits per heavy atom. The van der Waals surface area contributed by atoms with E-state index in [1.165, 1.54) is 69.3 Å². The molecule has 2 heteroatoms. The Morgan fingerprint density at radius 2 is 1.59 bits per heavy atom. The van der Waals surface area contributed by atoms with E-state index in [4.69, 9.17) is 0 Å². The van der Waals surface area contributed by atoms with E-state index in [1.807, 2.05) is 0 Å². The summed E-state index contributed by atoms with van der Waals surface area (Å²) in [7, 11) is 2.14. The largest absolute Gasteiger partial charge is 0.251 e. The second kappa shape index (κ2) is 8.32. The fourth-order valence-corrected chi connectivity index (χ4v) is 2.28. The highest BCUT2D eigenvalue weighted by molar-refractivity contribution is 4.89. The van der Waals surface area contributed by atoms with Crippen LogP contribution in [0, 0.1) is 6.92 Å². The lowest BCUT2D eigenvalue weighted by atomic mass is 10.1. The van der Waals surface area contributed by atoms with E-state index in [2.05, 4.69) is 36.6 Å². The van der Waals surface area contributed by atoms with Gasteiger partial charge in [0.2, 0.25) is 0 Å².